The van der Waals surface area contributed by atoms with Gasteiger partial charge in [-0.05, 0) is 6.92 Å². The molecule has 13 nitrogen and oxygen atoms in total. The smallest absolute Gasteiger partial charge is 0.317 e. The third-order valence-corrected chi connectivity index (χ3v) is 3.87. The van der Waals surface area contributed by atoms with E-state index in [1.165, 1.54) is 21.6 Å². The number of rotatable bonds is 19. The van der Waals surface area contributed by atoms with Crippen molar-refractivity contribution in [1.82, 2.24) is 20.0 Å². The van der Waals surface area contributed by atoms with Gasteiger partial charge in [0, 0.05) is 39.3 Å². The van der Waals surface area contributed by atoms with Gasteiger partial charge in [0.1, 0.15) is 5.78 Å². The molecule has 0 amide bonds. The van der Waals surface area contributed by atoms with Crippen LogP contribution in [0.5, 0.6) is 0 Å². The van der Waals surface area contributed by atoms with E-state index in [1.807, 2.05) is 0 Å². The monoisotopic (exact) mass is 434 g/mol. The van der Waals surface area contributed by atoms with E-state index in [4.69, 9.17) is 20.4 Å². The first-order chi connectivity index (χ1) is 14.0. The summed E-state index contributed by atoms with van der Waals surface area (Å²) < 4.78 is 0. The van der Waals surface area contributed by atoms with E-state index in [2.05, 4.69) is 5.32 Å². The first-order valence-corrected chi connectivity index (χ1v) is 9.24. The second-order valence-electron chi connectivity index (χ2n) is 6.72. The third-order valence-electron chi connectivity index (χ3n) is 3.87. The van der Waals surface area contributed by atoms with Crippen molar-refractivity contribution in [2.45, 2.75) is 6.92 Å². The molecular weight excluding hydrogens is 404 g/mol. The molecule has 172 valence electrons. The Kier molecular flexibility index (Phi) is 13.9. The predicted molar refractivity (Wildman–Crippen MR) is 103 cm³/mol. The van der Waals surface area contributed by atoms with Gasteiger partial charge in [-0.25, -0.2) is 0 Å². The number of nitrogens with one attached hydrogen (secondary N) is 1. The summed E-state index contributed by atoms with van der Waals surface area (Å²) in [6, 6.07) is 0. The number of carboxylic acid groups (broad SMARTS) is 4. The minimum atomic E-state index is -1.11. The highest BCUT2D eigenvalue weighted by Crippen LogP contribution is 1.97. The fourth-order valence-corrected chi connectivity index (χ4v) is 2.64. The lowest BCUT2D eigenvalue weighted by Gasteiger charge is -2.28. The molecule has 0 spiro atoms. The molecule has 0 saturated heterocycles. The lowest BCUT2D eigenvalue weighted by Crippen LogP contribution is -2.45. The molecule has 0 aromatic rings. The Morgan fingerprint density at radius 3 is 1.40 bits per heavy atom. The molecular formula is C17H30N4O9. The highest BCUT2D eigenvalue weighted by molar-refractivity contribution is 5.78. The highest BCUT2D eigenvalue weighted by atomic mass is 16.4. The summed E-state index contributed by atoms with van der Waals surface area (Å²) in [6.45, 7) is 1.20. The first kappa shape index (κ1) is 27.4. The quantitative estimate of drug-likeness (QED) is 0.133. The molecule has 0 bridgehead atoms. The van der Waals surface area contributed by atoms with Crippen molar-refractivity contribution in [2.75, 3.05) is 72.0 Å². The Balaban J connectivity index is 4.81. The third kappa shape index (κ3) is 16.4. The average molecular weight is 434 g/mol. The van der Waals surface area contributed by atoms with Crippen LogP contribution in [0.3, 0.4) is 0 Å². The van der Waals surface area contributed by atoms with E-state index in [-0.39, 0.29) is 77.8 Å². The Morgan fingerprint density at radius 2 is 1.00 bits per heavy atom. The van der Waals surface area contributed by atoms with E-state index in [0.717, 1.165) is 0 Å². The zero-order chi connectivity index (χ0) is 23.1. The second-order valence-corrected chi connectivity index (χ2v) is 6.72. The molecule has 0 radical (unpaired) electrons. The molecule has 30 heavy (non-hydrogen) atoms. The number of carboxylic acids is 4. The molecule has 0 aliphatic carbocycles. The van der Waals surface area contributed by atoms with Crippen LogP contribution in [0.1, 0.15) is 6.92 Å². The van der Waals surface area contributed by atoms with Crippen LogP contribution in [0.4, 0.5) is 0 Å². The van der Waals surface area contributed by atoms with Crippen LogP contribution in [0, 0.1) is 0 Å². The average Bonchev–Trinajstić information content (AvgIpc) is 2.58. The van der Waals surface area contributed by atoms with E-state index < -0.39 is 23.9 Å². The molecule has 13 heteroatoms. The van der Waals surface area contributed by atoms with Gasteiger partial charge >= 0.3 is 23.9 Å². The van der Waals surface area contributed by atoms with Crippen LogP contribution in [-0.4, -0.2) is 137 Å². The molecule has 0 heterocycles. The number of hydrogen-bond acceptors (Lipinski definition) is 9. The molecule has 0 aliphatic rings. The van der Waals surface area contributed by atoms with Crippen LogP contribution in [0.2, 0.25) is 0 Å². The molecule has 0 fully saturated rings. The van der Waals surface area contributed by atoms with Gasteiger partial charge in [0.25, 0.3) is 0 Å². The Hall–Kier alpha value is -2.61. The Morgan fingerprint density at radius 1 is 0.600 bits per heavy atom. The first-order valence-electron chi connectivity index (χ1n) is 9.24. The van der Waals surface area contributed by atoms with Crippen molar-refractivity contribution in [3.63, 3.8) is 0 Å². The van der Waals surface area contributed by atoms with Crippen LogP contribution >= 0.6 is 0 Å². The molecule has 0 unspecified atom stereocenters. The summed E-state index contributed by atoms with van der Waals surface area (Å²) in [5, 5.41) is 38.3. The number of Topliss-reactive ketones (excluding diaryl/α,β-unsaturated/α-hetero) is 1. The highest BCUT2D eigenvalue weighted by Gasteiger charge is 2.17. The van der Waals surface area contributed by atoms with Crippen molar-refractivity contribution in [3.8, 4) is 0 Å². The van der Waals surface area contributed by atoms with Gasteiger partial charge in [0.15, 0.2) is 0 Å². The van der Waals surface area contributed by atoms with Crippen LogP contribution in [0.15, 0.2) is 0 Å². The maximum absolute atomic E-state index is 11.3. The van der Waals surface area contributed by atoms with Crippen LogP contribution in [-0.2, 0) is 24.0 Å². The summed E-state index contributed by atoms with van der Waals surface area (Å²) in [5.41, 5.74) is 0. The van der Waals surface area contributed by atoms with Crippen molar-refractivity contribution in [2.24, 2.45) is 0 Å². The van der Waals surface area contributed by atoms with Gasteiger partial charge in [-0.2, -0.15) is 0 Å². The van der Waals surface area contributed by atoms with Crippen molar-refractivity contribution in [1.29, 1.82) is 0 Å². The lowest BCUT2D eigenvalue weighted by molar-refractivity contribution is -0.140. The van der Waals surface area contributed by atoms with E-state index in [1.54, 1.807) is 0 Å². The number of nitrogens with zero attached hydrogens (tertiary/aromatic N) is 3. The maximum Gasteiger partial charge on any atom is 0.317 e. The summed E-state index contributed by atoms with van der Waals surface area (Å²) in [7, 11) is 0. The summed E-state index contributed by atoms with van der Waals surface area (Å²) in [4.78, 5) is 59.4. The summed E-state index contributed by atoms with van der Waals surface area (Å²) >= 11 is 0. The number of carbonyl (C=O) groups excluding carboxylic acids is 1. The SMILES string of the molecule is CC(=O)CN(CCN(CCN(CCNCC(=O)O)CC(=O)O)CC(=O)O)CC(=O)O. The molecule has 0 aromatic heterocycles. The van der Waals surface area contributed by atoms with Gasteiger partial charge < -0.3 is 25.7 Å². The summed E-state index contributed by atoms with van der Waals surface area (Å²) in [6.07, 6.45) is 0. The van der Waals surface area contributed by atoms with Gasteiger partial charge in [0.2, 0.25) is 0 Å². The van der Waals surface area contributed by atoms with E-state index >= 15 is 0 Å². The fourth-order valence-electron chi connectivity index (χ4n) is 2.64. The maximum atomic E-state index is 11.3. The Labute approximate surface area is 173 Å². The molecule has 0 atom stereocenters. The normalized spacial score (nSPS) is 11.2. The number of ketones is 1. The molecule has 0 aliphatic heterocycles. The minimum Gasteiger partial charge on any atom is -0.480 e. The zero-order valence-electron chi connectivity index (χ0n) is 16.9. The topological polar surface area (TPSA) is 188 Å². The Bertz CT molecular complexity index is 584. The number of carbonyl (C=O) groups is 5. The molecule has 0 aromatic carbocycles. The largest absolute Gasteiger partial charge is 0.480 e. The number of aliphatic carboxylic acids is 4. The minimum absolute atomic E-state index is 0.0758. The lowest BCUT2D eigenvalue weighted by atomic mass is 10.3. The standard InChI is InChI=1S/C17H30N4O9/c1-13(22)9-21(12-17(29)30)7-6-20(11-16(27)28)5-4-19(10-15(25)26)3-2-18-8-14(23)24/h18H,2-12H2,1H3,(H,23,24)(H,25,26)(H,27,28)(H,29,30). The van der Waals surface area contributed by atoms with Crippen molar-refractivity contribution in [3.05, 3.63) is 0 Å². The van der Waals surface area contributed by atoms with E-state index in [0.29, 0.717) is 0 Å². The van der Waals surface area contributed by atoms with Crippen LogP contribution < -0.4 is 5.32 Å². The van der Waals surface area contributed by atoms with E-state index in [9.17, 15) is 24.0 Å². The van der Waals surface area contributed by atoms with Gasteiger partial charge in [0.05, 0.1) is 32.7 Å². The van der Waals surface area contributed by atoms with Gasteiger partial charge in [-0.1, -0.05) is 0 Å². The molecule has 0 rings (SSSR count). The molecule has 5 N–H and O–H groups in total. The van der Waals surface area contributed by atoms with Gasteiger partial charge in [-0.3, -0.25) is 38.7 Å². The predicted octanol–water partition coefficient (Wildman–Crippen LogP) is -2.59. The summed E-state index contributed by atoms with van der Waals surface area (Å²) in [5.74, 6) is -4.54. The van der Waals surface area contributed by atoms with Crippen LogP contribution in [0.25, 0.3) is 0 Å². The van der Waals surface area contributed by atoms with Gasteiger partial charge in [-0.15, -0.1) is 0 Å². The second kappa shape index (κ2) is 15.3. The zero-order valence-corrected chi connectivity index (χ0v) is 16.9. The van der Waals surface area contributed by atoms with Crippen molar-refractivity contribution >= 4 is 29.7 Å². The fraction of sp³-hybridized carbons (Fsp3) is 0.706. The molecule has 0 saturated carbocycles. The van der Waals surface area contributed by atoms with Crippen molar-refractivity contribution < 1.29 is 44.4 Å². The number of hydrogen-bond donors (Lipinski definition) is 5.